The number of halogens is 1. The predicted molar refractivity (Wildman–Crippen MR) is 106 cm³/mol. The average Bonchev–Trinajstić information content (AvgIpc) is 3.38. The number of carbonyl (C=O) groups excluding carboxylic acids is 1. The lowest BCUT2D eigenvalue weighted by atomic mass is 10.2. The van der Waals surface area contributed by atoms with E-state index in [1.54, 1.807) is 36.0 Å². The number of nitrogens with one attached hydrogen (secondary N) is 1. The van der Waals surface area contributed by atoms with Gasteiger partial charge in [0.1, 0.15) is 11.6 Å². The van der Waals surface area contributed by atoms with Crippen molar-refractivity contribution in [2.45, 2.75) is 19.9 Å². The number of rotatable bonds is 6. The van der Waals surface area contributed by atoms with Crippen LogP contribution >= 0.6 is 0 Å². The van der Waals surface area contributed by atoms with E-state index in [4.69, 9.17) is 4.42 Å². The van der Waals surface area contributed by atoms with Crippen LogP contribution in [0.5, 0.6) is 0 Å². The van der Waals surface area contributed by atoms with Crippen molar-refractivity contribution in [2.75, 3.05) is 0 Å². The van der Waals surface area contributed by atoms with E-state index in [1.807, 2.05) is 30.3 Å². The van der Waals surface area contributed by atoms with Gasteiger partial charge in [-0.2, -0.15) is 0 Å². The Balaban J connectivity index is 1.38. The van der Waals surface area contributed by atoms with Gasteiger partial charge in [-0.25, -0.2) is 14.4 Å². The summed E-state index contributed by atoms with van der Waals surface area (Å²) < 4.78 is 21.6. The second-order valence-electron chi connectivity index (χ2n) is 6.60. The van der Waals surface area contributed by atoms with Crippen LogP contribution in [0.2, 0.25) is 0 Å². The number of nitrogens with zero attached hydrogens (tertiary/aromatic N) is 3. The molecule has 2 aromatic heterocycles. The van der Waals surface area contributed by atoms with Crippen molar-refractivity contribution >= 4 is 5.91 Å². The molecule has 0 spiro atoms. The van der Waals surface area contributed by atoms with Gasteiger partial charge in [0.2, 0.25) is 11.8 Å². The van der Waals surface area contributed by atoms with Gasteiger partial charge in [0.05, 0.1) is 24.1 Å². The lowest BCUT2D eigenvalue weighted by molar-refractivity contribution is -0.120. The summed E-state index contributed by atoms with van der Waals surface area (Å²) in [6.45, 7) is 2.01. The third-order valence-corrected chi connectivity index (χ3v) is 4.53. The minimum absolute atomic E-state index is 0.0950. The van der Waals surface area contributed by atoms with Crippen LogP contribution in [0.1, 0.15) is 17.0 Å². The number of hydrogen-bond donors (Lipinski definition) is 1. The first kappa shape index (κ1) is 18.6. The average molecular weight is 390 g/mol. The summed E-state index contributed by atoms with van der Waals surface area (Å²) in [5.74, 6) is 0.507. The highest BCUT2D eigenvalue weighted by Gasteiger charge is 2.15. The molecule has 7 heteroatoms. The summed E-state index contributed by atoms with van der Waals surface area (Å²) in [7, 11) is 0. The lowest BCUT2D eigenvalue weighted by Gasteiger charge is -2.08. The molecule has 2 heterocycles. The fraction of sp³-hybridized carbons (Fsp3) is 0.136. The van der Waals surface area contributed by atoms with Gasteiger partial charge in [-0.1, -0.05) is 24.3 Å². The second-order valence-corrected chi connectivity index (χ2v) is 6.60. The van der Waals surface area contributed by atoms with E-state index in [-0.39, 0.29) is 24.7 Å². The third-order valence-electron chi connectivity index (χ3n) is 4.53. The first-order valence-electron chi connectivity index (χ1n) is 9.15. The molecule has 0 saturated heterocycles. The Labute approximate surface area is 167 Å². The number of aromatic nitrogens is 3. The largest absolute Gasteiger partial charge is 0.441 e. The highest BCUT2D eigenvalue weighted by Crippen LogP contribution is 2.21. The molecule has 0 atom stereocenters. The van der Waals surface area contributed by atoms with Gasteiger partial charge < -0.3 is 14.3 Å². The predicted octanol–water partition coefficient (Wildman–Crippen LogP) is 3.83. The number of oxazole rings is 1. The molecular weight excluding hydrogens is 371 g/mol. The number of amides is 1. The smallest absolute Gasteiger partial charge is 0.226 e. The molecule has 0 aliphatic heterocycles. The molecule has 0 saturated carbocycles. The van der Waals surface area contributed by atoms with Gasteiger partial charge in [-0.3, -0.25) is 4.79 Å². The van der Waals surface area contributed by atoms with Crippen LogP contribution in [0.3, 0.4) is 0 Å². The standard InChI is InChI=1S/C22H19FN4O2/c1-15-19(26-22(29-15)17-5-3-2-4-6-17)12-21(28)25-13-16-7-8-20(18(23)11-16)27-10-9-24-14-27/h2-11,14H,12-13H2,1H3,(H,25,28). The zero-order valence-corrected chi connectivity index (χ0v) is 15.8. The number of imidazole rings is 1. The van der Waals surface area contributed by atoms with Crippen molar-refractivity contribution in [3.05, 3.63) is 90.1 Å². The van der Waals surface area contributed by atoms with E-state index in [0.29, 0.717) is 28.6 Å². The topological polar surface area (TPSA) is 73.0 Å². The Hall–Kier alpha value is -3.74. The molecule has 0 aliphatic carbocycles. The zero-order chi connectivity index (χ0) is 20.2. The normalized spacial score (nSPS) is 10.8. The molecule has 1 N–H and O–H groups in total. The molecule has 0 unspecified atom stereocenters. The third kappa shape index (κ3) is 4.24. The van der Waals surface area contributed by atoms with Crippen LogP contribution in [-0.2, 0) is 17.8 Å². The summed E-state index contributed by atoms with van der Waals surface area (Å²) >= 11 is 0. The van der Waals surface area contributed by atoms with Crippen molar-refractivity contribution in [3.63, 3.8) is 0 Å². The Bertz CT molecular complexity index is 1120. The van der Waals surface area contributed by atoms with Gasteiger partial charge in [0.15, 0.2) is 0 Å². The number of benzene rings is 2. The van der Waals surface area contributed by atoms with Gasteiger partial charge in [-0.05, 0) is 36.8 Å². The molecule has 4 aromatic rings. The highest BCUT2D eigenvalue weighted by atomic mass is 19.1. The van der Waals surface area contributed by atoms with Gasteiger partial charge in [0, 0.05) is 24.5 Å². The summed E-state index contributed by atoms with van der Waals surface area (Å²) in [4.78, 5) is 20.7. The van der Waals surface area contributed by atoms with E-state index in [2.05, 4.69) is 15.3 Å². The molecule has 146 valence electrons. The van der Waals surface area contributed by atoms with Crippen molar-refractivity contribution in [3.8, 4) is 17.1 Å². The quantitative estimate of drug-likeness (QED) is 0.543. The van der Waals surface area contributed by atoms with Crippen molar-refractivity contribution in [2.24, 2.45) is 0 Å². The molecule has 2 aromatic carbocycles. The maximum atomic E-state index is 14.3. The van der Waals surface area contributed by atoms with E-state index in [1.165, 1.54) is 12.4 Å². The molecule has 0 radical (unpaired) electrons. The second kappa shape index (κ2) is 8.10. The van der Waals surface area contributed by atoms with Crippen molar-refractivity contribution < 1.29 is 13.6 Å². The van der Waals surface area contributed by atoms with Crippen molar-refractivity contribution in [1.82, 2.24) is 19.9 Å². The summed E-state index contributed by atoms with van der Waals surface area (Å²) in [6.07, 6.45) is 4.88. The summed E-state index contributed by atoms with van der Waals surface area (Å²) in [5, 5.41) is 2.80. The Morgan fingerprint density at radius 2 is 2.03 bits per heavy atom. The van der Waals surface area contributed by atoms with E-state index >= 15 is 0 Å². The molecule has 0 fully saturated rings. The first-order valence-corrected chi connectivity index (χ1v) is 9.15. The van der Waals surface area contributed by atoms with Crippen LogP contribution < -0.4 is 5.32 Å². The van der Waals surface area contributed by atoms with Gasteiger partial charge in [-0.15, -0.1) is 0 Å². The molecule has 1 amide bonds. The summed E-state index contributed by atoms with van der Waals surface area (Å²) in [6, 6.07) is 14.4. The molecule has 4 rings (SSSR count). The summed E-state index contributed by atoms with van der Waals surface area (Å²) in [5.41, 5.74) is 2.52. The van der Waals surface area contributed by atoms with Crippen LogP contribution in [0, 0.1) is 12.7 Å². The van der Waals surface area contributed by atoms with E-state index in [9.17, 15) is 9.18 Å². The number of aryl methyl sites for hydroxylation is 1. The molecule has 0 aliphatic rings. The van der Waals surface area contributed by atoms with Gasteiger partial charge >= 0.3 is 0 Å². The van der Waals surface area contributed by atoms with E-state index < -0.39 is 0 Å². The Morgan fingerprint density at radius 3 is 2.76 bits per heavy atom. The monoisotopic (exact) mass is 390 g/mol. The maximum absolute atomic E-state index is 14.3. The molecule has 0 bridgehead atoms. The van der Waals surface area contributed by atoms with Crippen LogP contribution in [0.4, 0.5) is 4.39 Å². The minimum Gasteiger partial charge on any atom is -0.441 e. The minimum atomic E-state index is -0.380. The van der Waals surface area contributed by atoms with Crippen LogP contribution in [0.25, 0.3) is 17.1 Å². The SMILES string of the molecule is Cc1oc(-c2ccccc2)nc1CC(=O)NCc1ccc(-n2ccnc2)c(F)c1. The lowest BCUT2D eigenvalue weighted by Crippen LogP contribution is -2.25. The van der Waals surface area contributed by atoms with E-state index in [0.717, 1.165) is 5.56 Å². The fourth-order valence-corrected chi connectivity index (χ4v) is 2.98. The molecular formula is C22H19FN4O2. The Kier molecular flexibility index (Phi) is 5.20. The zero-order valence-electron chi connectivity index (χ0n) is 15.8. The Morgan fingerprint density at radius 1 is 1.21 bits per heavy atom. The van der Waals surface area contributed by atoms with Crippen LogP contribution in [0.15, 0.2) is 71.7 Å². The molecule has 29 heavy (non-hydrogen) atoms. The molecule has 6 nitrogen and oxygen atoms in total. The highest BCUT2D eigenvalue weighted by molar-refractivity contribution is 5.78. The van der Waals surface area contributed by atoms with Crippen LogP contribution in [-0.4, -0.2) is 20.4 Å². The fourth-order valence-electron chi connectivity index (χ4n) is 2.98. The number of carbonyl (C=O) groups is 1. The van der Waals surface area contributed by atoms with Crippen molar-refractivity contribution in [1.29, 1.82) is 0 Å². The maximum Gasteiger partial charge on any atom is 0.226 e. The first-order chi connectivity index (χ1) is 14.1. The van der Waals surface area contributed by atoms with Gasteiger partial charge in [0.25, 0.3) is 0 Å². The number of hydrogen-bond acceptors (Lipinski definition) is 4.